The molecule has 1 atom stereocenters. The fourth-order valence-electron chi connectivity index (χ4n) is 1.88. The molecule has 18 heavy (non-hydrogen) atoms. The Morgan fingerprint density at radius 2 is 2.33 bits per heavy atom. The summed E-state index contributed by atoms with van der Waals surface area (Å²) in [6, 6.07) is 4.72. The van der Waals surface area contributed by atoms with E-state index in [0.717, 1.165) is 5.69 Å². The zero-order valence-electron chi connectivity index (χ0n) is 9.90. The molecule has 0 aliphatic heterocycles. The summed E-state index contributed by atoms with van der Waals surface area (Å²) in [4.78, 5) is 4.02. The highest BCUT2D eigenvalue weighted by molar-refractivity contribution is 6.30. The van der Waals surface area contributed by atoms with Gasteiger partial charge in [0.2, 0.25) is 0 Å². The Labute approximate surface area is 110 Å². The van der Waals surface area contributed by atoms with Gasteiger partial charge in [0.05, 0.1) is 23.1 Å². The number of hydrogen-bond donors (Lipinski definition) is 2. The van der Waals surface area contributed by atoms with Gasteiger partial charge < -0.3 is 4.57 Å². The summed E-state index contributed by atoms with van der Waals surface area (Å²) in [5, 5.41) is 0.119. The van der Waals surface area contributed by atoms with Gasteiger partial charge in [0, 0.05) is 13.2 Å². The lowest BCUT2D eigenvalue weighted by Gasteiger charge is -2.17. The predicted octanol–water partition coefficient (Wildman–Crippen LogP) is 1.96. The number of halogens is 2. The highest BCUT2D eigenvalue weighted by Crippen LogP contribution is 2.23. The second kappa shape index (κ2) is 5.48. The van der Waals surface area contributed by atoms with Crippen LogP contribution in [0.4, 0.5) is 4.39 Å². The molecule has 0 saturated heterocycles. The van der Waals surface area contributed by atoms with Gasteiger partial charge in [0.25, 0.3) is 0 Å². The largest absolute Gasteiger partial charge is 0.336 e. The summed E-state index contributed by atoms with van der Waals surface area (Å²) in [7, 11) is 1.86. The molecule has 1 aromatic heterocycles. The van der Waals surface area contributed by atoms with Gasteiger partial charge in [-0.1, -0.05) is 23.7 Å². The standard InChI is InChI=1S/C12H14ClFN4/c1-18-7-16-6-11(18)10(17-15)5-8-3-2-4-9(13)12(8)14/h2-4,6-7,10,17H,5,15H2,1H3. The summed E-state index contributed by atoms with van der Waals surface area (Å²) in [5.74, 6) is 5.12. The summed E-state index contributed by atoms with van der Waals surface area (Å²) >= 11 is 5.75. The molecule has 2 aromatic rings. The zero-order chi connectivity index (χ0) is 13.1. The van der Waals surface area contributed by atoms with Crippen molar-refractivity contribution in [2.75, 3.05) is 0 Å². The van der Waals surface area contributed by atoms with Crippen molar-refractivity contribution in [3.05, 3.63) is 52.8 Å². The molecule has 1 heterocycles. The number of benzene rings is 1. The Morgan fingerprint density at radius 1 is 1.56 bits per heavy atom. The van der Waals surface area contributed by atoms with Crippen LogP contribution in [0.5, 0.6) is 0 Å². The van der Waals surface area contributed by atoms with Gasteiger partial charge in [-0.25, -0.2) is 9.37 Å². The molecule has 0 amide bonds. The van der Waals surface area contributed by atoms with Crippen molar-refractivity contribution in [3.8, 4) is 0 Å². The van der Waals surface area contributed by atoms with Crippen LogP contribution in [0, 0.1) is 5.82 Å². The summed E-state index contributed by atoms with van der Waals surface area (Å²) in [5.41, 5.74) is 4.08. The number of imidazole rings is 1. The maximum Gasteiger partial charge on any atom is 0.145 e. The molecule has 0 radical (unpaired) electrons. The number of nitrogens with one attached hydrogen (secondary N) is 1. The molecule has 0 spiro atoms. The van der Waals surface area contributed by atoms with Gasteiger partial charge >= 0.3 is 0 Å². The van der Waals surface area contributed by atoms with E-state index in [4.69, 9.17) is 17.4 Å². The normalized spacial score (nSPS) is 12.7. The van der Waals surface area contributed by atoms with Crippen molar-refractivity contribution in [2.24, 2.45) is 12.9 Å². The van der Waals surface area contributed by atoms with Gasteiger partial charge in [-0.05, 0) is 18.1 Å². The minimum atomic E-state index is -0.401. The molecule has 0 aliphatic rings. The Hall–Kier alpha value is -1.43. The lowest BCUT2D eigenvalue weighted by Crippen LogP contribution is -2.31. The minimum Gasteiger partial charge on any atom is -0.336 e. The number of aromatic nitrogens is 2. The van der Waals surface area contributed by atoms with Crippen molar-refractivity contribution >= 4 is 11.6 Å². The third-order valence-electron chi connectivity index (χ3n) is 2.87. The van der Waals surface area contributed by atoms with Crippen molar-refractivity contribution < 1.29 is 4.39 Å². The van der Waals surface area contributed by atoms with Gasteiger partial charge in [0.1, 0.15) is 5.82 Å². The van der Waals surface area contributed by atoms with Gasteiger partial charge in [-0.15, -0.1) is 0 Å². The van der Waals surface area contributed by atoms with E-state index < -0.39 is 5.82 Å². The Kier molecular flexibility index (Phi) is 3.96. The quantitative estimate of drug-likeness (QED) is 0.658. The second-order valence-corrected chi connectivity index (χ2v) is 4.47. The molecule has 4 nitrogen and oxygen atoms in total. The maximum absolute atomic E-state index is 13.8. The SMILES string of the molecule is Cn1cncc1C(Cc1cccc(Cl)c1F)NN. The fraction of sp³-hybridized carbons (Fsp3) is 0.250. The Balaban J connectivity index is 2.26. The fourth-order valence-corrected chi connectivity index (χ4v) is 2.07. The molecule has 1 aromatic carbocycles. The molecular weight excluding hydrogens is 255 g/mol. The number of aryl methyl sites for hydroxylation is 1. The van der Waals surface area contributed by atoms with E-state index in [2.05, 4.69) is 10.4 Å². The van der Waals surface area contributed by atoms with Gasteiger partial charge in [0.15, 0.2) is 0 Å². The maximum atomic E-state index is 13.8. The van der Waals surface area contributed by atoms with E-state index in [0.29, 0.717) is 12.0 Å². The lowest BCUT2D eigenvalue weighted by molar-refractivity contribution is 0.506. The zero-order valence-corrected chi connectivity index (χ0v) is 10.7. The molecule has 1 unspecified atom stereocenters. The molecule has 6 heteroatoms. The second-order valence-electron chi connectivity index (χ2n) is 4.07. The molecular formula is C12H14ClFN4. The summed E-state index contributed by atoms with van der Waals surface area (Å²) < 4.78 is 15.7. The first-order chi connectivity index (χ1) is 8.63. The van der Waals surface area contributed by atoms with Crippen LogP contribution in [0.25, 0.3) is 0 Å². The van der Waals surface area contributed by atoms with Crippen molar-refractivity contribution in [2.45, 2.75) is 12.5 Å². The van der Waals surface area contributed by atoms with Gasteiger partial charge in [-0.2, -0.15) is 0 Å². The van der Waals surface area contributed by atoms with Crippen molar-refractivity contribution in [3.63, 3.8) is 0 Å². The number of hydrogen-bond acceptors (Lipinski definition) is 3. The summed E-state index contributed by atoms with van der Waals surface area (Å²) in [6.45, 7) is 0. The van der Waals surface area contributed by atoms with Crippen molar-refractivity contribution in [1.82, 2.24) is 15.0 Å². The third-order valence-corrected chi connectivity index (χ3v) is 3.16. The van der Waals surface area contributed by atoms with Crippen LogP contribution in [0.3, 0.4) is 0 Å². The number of nitrogens with two attached hydrogens (primary N) is 1. The molecule has 96 valence electrons. The first-order valence-corrected chi connectivity index (χ1v) is 5.86. The molecule has 0 fully saturated rings. The van der Waals surface area contributed by atoms with Crippen LogP contribution in [0.15, 0.2) is 30.7 Å². The number of hydrazine groups is 1. The topological polar surface area (TPSA) is 55.9 Å². The van der Waals surface area contributed by atoms with E-state index >= 15 is 0 Å². The van der Waals surface area contributed by atoms with Crippen LogP contribution in [0.1, 0.15) is 17.3 Å². The van der Waals surface area contributed by atoms with E-state index in [1.807, 2.05) is 11.6 Å². The molecule has 2 rings (SSSR count). The van der Waals surface area contributed by atoms with Crippen molar-refractivity contribution in [1.29, 1.82) is 0 Å². The van der Waals surface area contributed by atoms with Crippen LogP contribution < -0.4 is 11.3 Å². The van der Waals surface area contributed by atoms with Crippen LogP contribution in [-0.4, -0.2) is 9.55 Å². The first-order valence-electron chi connectivity index (χ1n) is 5.48. The highest BCUT2D eigenvalue weighted by atomic mass is 35.5. The Bertz CT molecular complexity index is 541. The van der Waals surface area contributed by atoms with Crippen LogP contribution in [-0.2, 0) is 13.5 Å². The van der Waals surface area contributed by atoms with E-state index in [-0.39, 0.29) is 11.1 Å². The smallest absolute Gasteiger partial charge is 0.145 e. The molecule has 0 aliphatic carbocycles. The number of rotatable bonds is 4. The average Bonchev–Trinajstić information content (AvgIpc) is 2.77. The Morgan fingerprint density at radius 3 is 2.94 bits per heavy atom. The monoisotopic (exact) mass is 268 g/mol. The van der Waals surface area contributed by atoms with Crippen LogP contribution >= 0.6 is 11.6 Å². The van der Waals surface area contributed by atoms with Gasteiger partial charge in [-0.3, -0.25) is 11.3 Å². The molecule has 3 N–H and O–H groups in total. The highest BCUT2D eigenvalue weighted by Gasteiger charge is 2.17. The first kappa shape index (κ1) is 13.0. The lowest BCUT2D eigenvalue weighted by atomic mass is 10.0. The molecule has 0 saturated carbocycles. The van der Waals surface area contributed by atoms with E-state index in [1.54, 1.807) is 24.7 Å². The van der Waals surface area contributed by atoms with E-state index in [9.17, 15) is 4.39 Å². The average molecular weight is 269 g/mol. The minimum absolute atomic E-state index is 0.119. The van der Waals surface area contributed by atoms with E-state index in [1.165, 1.54) is 6.07 Å². The molecule has 0 bridgehead atoms. The predicted molar refractivity (Wildman–Crippen MR) is 68.4 cm³/mol. The van der Waals surface area contributed by atoms with Crippen LogP contribution in [0.2, 0.25) is 5.02 Å². The third kappa shape index (κ3) is 2.53. The number of nitrogens with zero attached hydrogens (tertiary/aromatic N) is 2. The summed E-state index contributed by atoms with van der Waals surface area (Å²) in [6.07, 6.45) is 3.78.